The van der Waals surface area contributed by atoms with Crippen molar-refractivity contribution in [3.63, 3.8) is 0 Å². The topological polar surface area (TPSA) is 52.6 Å². The summed E-state index contributed by atoms with van der Waals surface area (Å²) in [6, 6.07) is 0. The van der Waals surface area contributed by atoms with Crippen LogP contribution in [0.1, 0.15) is 33.6 Å². The van der Waals surface area contributed by atoms with Crippen LogP contribution in [0, 0.1) is 23.2 Å². The Kier molecular flexibility index (Phi) is 4.26. The summed E-state index contributed by atoms with van der Waals surface area (Å²) >= 11 is 0. The maximum absolute atomic E-state index is 11.9. The molecule has 5 atom stereocenters. The second kappa shape index (κ2) is 5.66. The lowest BCUT2D eigenvalue weighted by molar-refractivity contribution is -0.148. The molecule has 0 unspecified atom stereocenters. The van der Waals surface area contributed by atoms with Crippen LogP contribution in [0.15, 0.2) is 24.8 Å². The van der Waals surface area contributed by atoms with Gasteiger partial charge in [-0.1, -0.05) is 26.5 Å². The Morgan fingerprint density at radius 3 is 2.81 bits per heavy atom. The molecule has 116 valence electrons. The quantitative estimate of drug-likeness (QED) is 0.590. The largest absolute Gasteiger partial charge is 0.461 e. The van der Waals surface area contributed by atoms with Crippen LogP contribution in [0.5, 0.6) is 0 Å². The monoisotopic (exact) mass is 292 g/mol. The van der Waals surface area contributed by atoms with Crippen molar-refractivity contribution in [1.29, 1.82) is 0 Å². The predicted octanol–water partition coefficient (Wildman–Crippen LogP) is 2.89. The van der Waals surface area contributed by atoms with Gasteiger partial charge >= 0.3 is 11.9 Å². The molecule has 0 aromatic carbocycles. The molecule has 0 bridgehead atoms. The third-order valence-electron chi connectivity index (χ3n) is 5.11. The minimum absolute atomic E-state index is 0.0537. The molecule has 0 amide bonds. The van der Waals surface area contributed by atoms with Gasteiger partial charge in [0.2, 0.25) is 0 Å². The Morgan fingerprint density at radius 2 is 2.24 bits per heavy atom. The third kappa shape index (κ3) is 2.76. The number of hydrogen-bond donors (Lipinski definition) is 0. The fourth-order valence-electron chi connectivity index (χ4n) is 3.74. The van der Waals surface area contributed by atoms with Crippen molar-refractivity contribution in [3.8, 4) is 0 Å². The van der Waals surface area contributed by atoms with E-state index in [1.165, 1.54) is 6.92 Å². The molecule has 4 nitrogen and oxygen atoms in total. The van der Waals surface area contributed by atoms with Crippen molar-refractivity contribution in [3.05, 3.63) is 24.8 Å². The van der Waals surface area contributed by atoms with Crippen LogP contribution >= 0.6 is 0 Å². The number of rotatable bonds is 4. The first kappa shape index (κ1) is 15.8. The van der Waals surface area contributed by atoms with Crippen molar-refractivity contribution in [2.24, 2.45) is 23.2 Å². The molecule has 1 saturated heterocycles. The summed E-state index contributed by atoms with van der Waals surface area (Å²) in [5.74, 6) is -0.385. The maximum Gasteiger partial charge on any atom is 0.309 e. The summed E-state index contributed by atoms with van der Waals surface area (Å²) in [5.41, 5.74) is 0.604. The molecular formula is C17H24O4. The standard InChI is InChI=1S/C17H24O4/c1-6-17(5)8-7-13-11(3)16(19)21-15(13)14(17)10(2)9-20-12(4)18/h6,11,13-15H,1-2,7-9H2,3-5H3/t11-,13-,14+,15-,17+/m0/s1. The van der Waals surface area contributed by atoms with Crippen molar-refractivity contribution < 1.29 is 19.1 Å². The number of esters is 2. The van der Waals surface area contributed by atoms with E-state index in [1.54, 1.807) is 0 Å². The zero-order valence-corrected chi connectivity index (χ0v) is 13.1. The zero-order chi connectivity index (χ0) is 15.8. The fourth-order valence-corrected chi connectivity index (χ4v) is 3.74. The number of allylic oxidation sites excluding steroid dienone is 1. The van der Waals surface area contributed by atoms with Crippen molar-refractivity contribution in [1.82, 2.24) is 0 Å². The number of ether oxygens (including phenoxy) is 2. The molecule has 0 spiro atoms. The molecule has 1 saturated carbocycles. The van der Waals surface area contributed by atoms with Gasteiger partial charge in [0.25, 0.3) is 0 Å². The van der Waals surface area contributed by atoms with Gasteiger partial charge in [-0.15, -0.1) is 6.58 Å². The molecule has 0 aromatic heterocycles. The second-order valence-electron chi connectivity index (χ2n) is 6.52. The number of carbonyl (C=O) groups excluding carboxylic acids is 2. The lowest BCUT2D eigenvalue weighted by Crippen LogP contribution is -2.45. The number of hydrogen-bond acceptors (Lipinski definition) is 4. The van der Waals surface area contributed by atoms with Crippen LogP contribution in [-0.2, 0) is 19.1 Å². The number of fused-ring (bicyclic) bond motifs is 1. The average Bonchev–Trinajstić information content (AvgIpc) is 2.71. The van der Waals surface area contributed by atoms with Gasteiger partial charge in [0.1, 0.15) is 12.7 Å². The van der Waals surface area contributed by atoms with Crippen LogP contribution < -0.4 is 0 Å². The van der Waals surface area contributed by atoms with E-state index in [1.807, 2.05) is 13.0 Å². The first-order chi connectivity index (χ1) is 9.80. The highest BCUT2D eigenvalue weighted by Gasteiger charge is 2.54. The highest BCUT2D eigenvalue weighted by Crippen LogP contribution is 2.53. The summed E-state index contributed by atoms with van der Waals surface area (Å²) < 4.78 is 10.7. The molecule has 4 heteroatoms. The minimum atomic E-state index is -0.333. The molecule has 1 aliphatic heterocycles. The summed E-state index contributed by atoms with van der Waals surface area (Å²) in [4.78, 5) is 22.9. The van der Waals surface area contributed by atoms with Crippen LogP contribution in [0.2, 0.25) is 0 Å². The van der Waals surface area contributed by atoms with Gasteiger partial charge in [0.05, 0.1) is 5.92 Å². The van der Waals surface area contributed by atoms with Crippen molar-refractivity contribution in [2.45, 2.75) is 39.7 Å². The highest BCUT2D eigenvalue weighted by molar-refractivity contribution is 5.75. The van der Waals surface area contributed by atoms with Crippen molar-refractivity contribution >= 4 is 11.9 Å². The first-order valence-corrected chi connectivity index (χ1v) is 7.45. The van der Waals surface area contributed by atoms with Crippen LogP contribution in [-0.4, -0.2) is 24.6 Å². The lowest BCUT2D eigenvalue weighted by Gasteiger charge is -2.46. The van der Waals surface area contributed by atoms with Gasteiger partial charge in [-0.05, 0) is 23.8 Å². The van der Waals surface area contributed by atoms with E-state index in [2.05, 4.69) is 20.1 Å². The van der Waals surface area contributed by atoms with Crippen molar-refractivity contribution in [2.75, 3.05) is 6.61 Å². The van der Waals surface area contributed by atoms with E-state index >= 15 is 0 Å². The van der Waals surface area contributed by atoms with Gasteiger partial charge in [-0.3, -0.25) is 9.59 Å². The number of carbonyl (C=O) groups is 2. The summed E-state index contributed by atoms with van der Waals surface area (Å²) in [7, 11) is 0. The maximum atomic E-state index is 11.9. The van der Waals surface area contributed by atoms with Gasteiger partial charge < -0.3 is 9.47 Å². The first-order valence-electron chi connectivity index (χ1n) is 7.45. The van der Waals surface area contributed by atoms with Gasteiger partial charge in [0.15, 0.2) is 0 Å². The molecule has 2 aliphatic rings. The smallest absolute Gasteiger partial charge is 0.309 e. The summed E-state index contributed by atoms with van der Waals surface area (Å²) in [6.45, 7) is 13.6. The van der Waals surface area contributed by atoms with Crippen LogP contribution in [0.3, 0.4) is 0 Å². The predicted molar refractivity (Wildman–Crippen MR) is 79.3 cm³/mol. The molecule has 21 heavy (non-hydrogen) atoms. The molecule has 0 N–H and O–H groups in total. The van der Waals surface area contributed by atoms with E-state index < -0.39 is 0 Å². The third-order valence-corrected chi connectivity index (χ3v) is 5.11. The molecule has 1 heterocycles. The normalized spacial score (nSPS) is 38.3. The molecule has 2 rings (SSSR count). The highest BCUT2D eigenvalue weighted by atomic mass is 16.6. The van der Waals surface area contributed by atoms with Gasteiger partial charge in [0, 0.05) is 18.8 Å². The molecule has 0 aromatic rings. The Balaban J connectivity index is 2.26. The Morgan fingerprint density at radius 1 is 1.57 bits per heavy atom. The molecule has 2 fully saturated rings. The van der Waals surface area contributed by atoms with E-state index in [9.17, 15) is 9.59 Å². The van der Waals surface area contributed by atoms with E-state index in [0.29, 0.717) is 0 Å². The van der Waals surface area contributed by atoms with E-state index in [4.69, 9.17) is 9.47 Å². The van der Waals surface area contributed by atoms with E-state index in [0.717, 1.165) is 18.4 Å². The molecule has 1 aliphatic carbocycles. The SMILES string of the molecule is C=C[C@]1(C)CC[C@@H]2[C@H](OC(=O)[C@H]2C)[C@H]1C(=C)COC(C)=O. The van der Waals surface area contributed by atoms with Crippen LogP contribution in [0.4, 0.5) is 0 Å². The fraction of sp³-hybridized carbons (Fsp3) is 0.647. The molecule has 0 radical (unpaired) electrons. The average molecular weight is 292 g/mol. The molecular weight excluding hydrogens is 268 g/mol. The zero-order valence-electron chi connectivity index (χ0n) is 13.1. The second-order valence-corrected chi connectivity index (χ2v) is 6.52. The minimum Gasteiger partial charge on any atom is -0.461 e. The summed E-state index contributed by atoms with van der Waals surface area (Å²) in [6.07, 6.45) is 3.61. The van der Waals surface area contributed by atoms with Crippen LogP contribution in [0.25, 0.3) is 0 Å². The summed E-state index contributed by atoms with van der Waals surface area (Å²) in [5, 5.41) is 0. The van der Waals surface area contributed by atoms with E-state index in [-0.39, 0.29) is 47.8 Å². The Hall–Kier alpha value is -1.58. The van der Waals surface area contributed by atoms with Gasteiger partial charge in [-0.25, -0.2) is 0 Å². The lowest BCUT2D eigenvalue weighted by atomic mass is 9.59. The van der Waals surface area contributed by atoms with Gasteiger partial charge in [-0.2, -0.15) is 0 Å². The Bertz CT molecular complexity index is 481. The Labute approximate surface area is 126 Å².